The molecule has 2 aliphatic rings. The number of likely N-dealkylation sites (tertiary alicyclic amines) is 1. The fourth-order valence-corrected chi connectivity index (χ4v) is 3.06. The highest BCUT2D eigenvalue weighted by Crippen LogP contribution is 2.20. The van der Waals surface area contributed by atoms with Gasteiger partial charge in [0.2, 0.25) is 5.91 Å². The Bertz CT molecular complexity index is 241. The molecule has 3 heteroatoms. The van der Waals surface area contributed by atoms with E-state index in [0.717, 1.165) is 19.0 Å². The molecular formula is C14H26N2O. The molecule has 0 bridgehead atoms. The number of carbonyl (C=O) groups excluding carboxylic acids is 1. The van der Waals surface area contributed by atoms with Crippen molar-refractivity contribution in [3.63, 3.8) is 0 Å². The third-order valence-electron chi connectivity index (χ3n) is 4.44. The highest BCUT2D eigenvalue weighted by Gasteiger charge is 2.22. The van der Waals surface area contributed by atoms with Gasteiger partial charge in [-0.1, -0.05) is 26.2 Å². The van der Waals surface area contributed by atoms with Crippen molar-refractivity contribution in [2.75, 3.05) is 19.6 Å². The van der Waals surface area contributed by atoms with Crippen molar-refractivity contribution in [1.29, 1.82) is 0 Å². The molecule has 3 nitrogen and oxygen atoms in total. The maximum atomic E-state index is 12.0. The summed E-state index contributed by atoms with van der Waals surface area (Å²) in [7, 11) is 0. The molecule has 0 aromatic carbocycles. The van der Waals surface area contributed by atoms with Gasteiger partial charge in [0.1, 0.15) is 0 Å². The molecule has 17 heavy (non-hydrogen) atoms. The molecule has 2 rings (SSSR count). The van der Waals surface area contributed by atoms with Crippen LogP contribution in [-0.4, -0.2) is 36.5 Å². The minimum atomic E-state index is 0.312. The van der Waals surface area contributed by atoms with Gasteiger partial charge >= 0.3 is 0 Å². The van der Waals surface area contributed by atoms with E-state index >= 15 is 0 Å². The number of nitrogens with zero attached hydrogens (tertiary/aromatic N) is 1. The highest BCUT2D eigenvalue weighted by molar-refractivity contribution is 5.78. The molecule has 1 heterocycles. The molecule has 0 atom stereocenters. The molecule has 1 amide bonds. The normalized spacial score (nSPS) is 23.2. The summed E-state index contributed by atoms with van der Waals surface area (Å²) < 4.78 is 0. The zero-order valence-electron chi connectivity index (χ0n) is 11.1. The molecule has 0 spiro atoms. The first-order valence-electron chi connectivity index (χ1n) is 7.30. The number of hydrogen-bond donors (Lipinski definition) is 1. The van der Waals surface area contributed by atoms with Gasteiger partial charge in [-0.2, -0.15) is 0 Å². The zero-order valence-corrected chi connectivity index (χ0v) is 11.1. The summed E-state index contributed by atoms with van der Waals surface area (Å²) in [5.41, 5.74) is 0. The fourth-order valence-electron chi connectivity index (χ4n) is 3.06. The van der Waals surface area contributed by atoms with Crippen molar-refractivity contribution in [2.45, 2.75) is 57.9 Å². The quantitative estimate of drug-likeness (QED) is 0.814. The molecule has 0 aromatic rings. The zero-order chi connectivity index (χ0) is 12.1. The van der Waals surface area contributed by atoms with Gasteiger partial charge in [0, 0.05) is 19.1 Å². The van der Waals surface area contributed by atoms with Gasteiger partial charge < -0.3 is 10.2 Å². The number of nitrogens with one attached hydrogen (secondary N) is 1. The molecule has 1 saturated carbocycles. The van der Waals surface area contributed by atoms with Crippen LogP contribution < -0.4 is 5.32 Å². The van der Waals surface area contributed by atoms with Crippen LogP contribution in [0, 0.1) is 5.92 Å². The molecule has 0 aromatic heterocycles. The predicted molar refractivity (Wildman–Crippen MR) is 69.9 cm³/mol. The Morgan fingerprint density at radius 2 is 1.82 bits per heavy atom. The van der Waals surface area contributed by atoms with Crippen molar-refractivity contribution < 1.29 is 4.79 Å². The Kier molecular flexibility index (Phi) is 4.84. The van der Waals surface area contributed by atoms with Crippen LogP contribution >= 0.6 is 0 Å². The van der Waals surface area contributed by atoms with Crippen LogP contribution in [0.5, 0.6) is 0 Å². The van der Waals surface area contributed by atoms with Gasteiger partial charge in [-0.25, -0.2) is 0 Å². The van der Waals surface area contributed by atoms with Crippen LogP contribution in [0.25, 0.3) is 0 Å². The Labute approximate surface area is 105 Å². The van der Waals surface area contributed by atoms with Crippen molar-refractivity contribution in [2.24, 2.45) is 5.92 Å². The highest BCUT2D eigenvalue weighted by atomic mass is 16.2. The van der Waals surface area contributed by atoms with Crippen LogP contribution in [0.3, 0.4) is 0 Å². The topological polar surface area (TPSA) is 32.3 Å². The van der Waals surface area contributed by atoms with Crippen molar-refractivity contribution in [1.82, 2.24) is 10.2 Å². The lowest BCUT2D eigenvalue weighted by molar-refractivity contribution is -0.131. The molecule has 1 saturated heterocycles. The molecule has 1 aliphatic carbocycles. The molecular weight excluding hydrogens is 212 g/mol. The van der Waals surface area contributed by atoms with E-state index in [2.05, 4.69) is 12.2 Å². The molecule has 98 valence electrons. The first-order valence-corrected chi connectivity index (χ1v) is 7.30. The molecule has 0 unspecified atom stereocenters. The van der Waals surface area contributed by atoms with Crippen molar-refractivity contribution in [3.8, 4) is 0 Å². The average Bonchev–Trinajstić information content (AvgIpc) is 2.89. The van der Waals surface area contributed by atoms with Gasteiger partial charge in [0.25, 0.3) is 0 Å². The number of piperidine rings is 1. The van der Waals surface area contributed by atoms with Gasteiger partial charge in [-0.3, -0.25) is 4.79 Å². The Balaban J connectivity index is 1.66. The lowest BCUT2D eigenvalue weighted by Gasteiger charge is -2.32. The van der Waals surface area contributed by atoms with Crippen LogP contribution in [0.15, 0.2) is 0 Å². The van der Waals surface area contributed by atoms with E-state index in [1.165, 1.54) is 44.9 Å². The van der Waals surface area contributed by atoms with Gasteiger partial charge in [0.15, 0.2) is 0 Å². The number of rotatable bonds is 4. The lowest BCUT2D eigenvalue weighted by atomic mass is 9.94. The SMILES string of the molecule is CCC1CCN(C(=O)CNC2CCCC2)CC1. The van der Waals surface area contributed by atoms with Gasteiger partial charge in [-0.05, 0) is 31.6 Å². The standard InChI is InChI=1S/C14H26N2O/c1-2-12-7-9-16(10-8-12)14(17)11-15-13-5-3-4-6-13/h12-13,15H,2-11H2,1H3. The second kappa shape index (κ2) is 6.39. The molecule has 2 fully saturated rings. The first-order chi connectivity index (χ1) is 8.29. The van der Waals surface area contributed by atoms with Crippen LogP contribution in [0.2, 0.25) is 0 Å². The molecule has 1 aliphatic heterocycles. The largest absolute Gasteiger partial charge is 0.342 e. The summed E-state index contributed by atoms with van der Waals surface area (Å²) in [6.07, 6.45) is 8.83. The Morgan fingerprint density at radius 3 is 2.41 bits per heavy atom. The van der Waals surface area contributed by atoms with Crippen LogP contribution in [0.1, 0.15) is 51.9 Å². The molecule has 1 N–H and O–H groups in total. The Hall–Kier alpha value is -0.570. The summed E-state index contributed by atoms with van der Waals surface area (Å²) in [4.78, 5) is 14.1. The lowest BCUT2D eigenvalue weighted by Crippen LogP contribution is -2.44. The molecule has 0 radical (unpaired) electrons. The second-order valence-corrected chi connectivity index (χ2v) is 5.59. The smallest absolute Gasteiger partial charge is 0.236 e. The van der Waals surface area contributed by atoms with E-state index in [1.807, 2.05) is 4.90 Å². The van der Waals surface area contributed by atoms with E-state index in [0.29, 0.717) is 18.5 Å². The second-order valence-electron chi connectivity index (χ2n) is 5.59. The summed E-state index contributed by atoms with van der Waals surface area (Å²) in [6, 6.07) is 0.604. The number of amides is 1. The van der Waals surface area contributed by atoms with Gasteiger partial charge in [0.05, 0.1) is 6.54 Å². The minimum absolute atomic E-state index is 0.312. The maximum absolute atomic E-state index is 12.0. The summed E-state index contributed by atoms with van der Waals surface area (Å²) in [6.45, 7) is 4.76. The van der Waals surface area contributed by atoms with Crippen LogP contribution in [0.4, 0.5) is 0 Å². The van der Waals surface area contributed by atoms with Gasteiger partial charge in [-0.15, -0.1) is 0 Å². The van der Waals surface area contributed by atoms with Crippen molar-refractivity contribution in [3.05, 3.63) is 0 Å². The fraction of sp³-hybridized carbons (Fsp3) is 0.929. The van der Waals surface area contributed by atoms with E-state index < -0.39 is 0 Å². The third kappa shape index (κ3) is 3.70. The average molecular weight is 238 g/mol. The van der Waals surface area contributed by atoms with E-state index in [4.69, 9.17) is 0 Å². The predicted octanol–water partition coefficient (Wildman–Crippen LogP) is 2.17. The van der Waals surface area contributed by atoms with E-state index in [9.17, 15) is 4.79 Å². The summed E-state index contributed by atoms with van der Waals surface area (Å²) >= 11 is 0. The van der Waals surface area contributed by atoms with Crippen LogP contribution in [-0.2, 0) is 4.79 Å². The summed E-state index contributed by atoms with van der Waals surface area (Å²) in [5, 5.41) is 3.41. The third-order valence-corrected chi connectivity index (χ3v) is 4.44. The maximum Gasteiger partial charge on any atom is 0.236 e. The number of carbonyl (C=O) groups is 1. The number of hydrogen-bond acceptors (Lipinski definition) is 2. The van der Waals surface area contributed by atoms with E-state index in [-0.39, 0.29) is 0 Å². The summed E-state index contributed by atoms with van der Waals surface area (Å²) in [5.74, 6) is 1.16. The van der Waals surface area contributed by atoms with E-state index in [1.54, 1.807) is 0 Å². The monoisotopic (exact) mass is 238 g/mol. The van der Waals surface area contributed by atoms with Crippen molar-refractivity contribution >= 4 is 5.91 Å². The first kappa shape index (κ1) is 12.9. The Morgan fingerprint density at radius 1 is 1.18 bits per heavy atom. The minimum Gasteiger partial charge on any atom is -0.342 e.